The highest BCUT2D eigenvalue weighted by Crippen LogP contribution is 2.29. The molecule has 4 rings (SSSR count). The van der Waals surface area contributed by atoms with Crippen molar-refractivity contribution in [3.63, 3.8) is 0 Å². The summed E-state index contributed by atoms with van der Waals surface area (Å²) in [6.07, 6.45) is 2.93. The highest BCUT2D eigenvalue weighted by atomic mass is 35.5. The van der Waals surface area contributed by atoms with Crippen molar-refractivity contribution in [3.05, 3.63) is 65.0 Å². The van der Waals surface area contributed by atoms with Crippen molar-refractivity contribution in [1.29, 1.82) is 0 Å². The Hall–Kier alpha value is -2.86. The normalized spacial score (nSPS) is 13.3. The van der Waals surface area contributed by atoms with Crippen molar-refractivity contribution in [1.82, 2.24) is 15.1 Å². The number of aromatic nitrogens is 2. The van der Waals surface area contributed by atoms with E-state index in [9.17, 15) is 4.79 Å². The molecule has 0 saturated heterocycles. The Balaban J connectivity index is 1.39. The number of carbonyl (C=O) groups excluding carboxylic acids is 1. The van der Waals surface area contributed by atoms with E-state index in [0.717, 1.165) is 24.8 Å². The van der Waals surface area contributed by atoms with Crippen molar-refractivity contribution >= 4 is 17.5 Å². The molecular weight excluding hydrogens is 390 g/mol. The Morgan fingerprint density at radius 2 is 1.86 bits per heavy atom. The van der Waals surface area contributed by atoms with Crippen LogP contribution in [0, 0.1) is 0 Å². The first kappa shape index (κ1) is 19.5. The maximum Gasteiger partial charge on any atom is 0.261 e. The zero-order valence-corrected chi connectivity index (χ0v) is 16.9. The number of hydrogen-bond acceptors (Lipinski definition) is 5. The average molecular weight is 412 g/mol. The molecule has 0 atom stereocenters. The summed E-state index contributed by atoms with van der Waals surface area (Å²) in [4.78, 5) is 14.5. The molecule has 2 aromatic carbocycles. The lowest BCUT2D eigenvalue weighted by Crippen LogP contribution is -2.36. The van der Waals surface area contributed by atoms with Crippen LogP contribution in [0.5, 0.6) is 5.75 Å². The van der Waals surface area contributed by atoms with E-state index in [0.29, 0.717) is 22.6 Å². The van der Waals surface area contributed by atoms with Gasteiger partial charge in [-0.05, 0) is 61.2 Å². The van der Waals surface area contributed by atoms with E-state index in [1.165, 1.54) is 5.56 Å². The largest absolute Gasteiger partial charge is 0.484 e. The first-order chi connectivity index (χ1) is 14.1. The molecule has 0 aliphatic heterocycles. The predicted octanol–water partition coefficient (Wildman–Crippen LogP) is 4.52. The van der Waals surface area contributed by atoms with Crippen molar-refractivity contribution in [2.75, 3.05) is 6.61 Å². The number of benzene rings is 2. The molecule has 0 bridgehead atoms. The number of halogens is 1. The van der Waals surface area contributed by atoms with Crippen LogP contribution in [0.15, 0.2) is 52.9 Å². The minimum Gasteiger partial charge on any atom is -0.484 e. The Morgan fingerprint density at radius 3 is 2.52 bits per heavy atom. The smallest absolute Gasteiger partial charge is 0.261 e. The molecule has 1 amide bonds. The monoisotopic (exact) mass is 411 g/mol. The van der Waals surface area contributed by atoms with Crippen molar-refractivity contribution in [3.8, 4) is 17.2 Å². The Labute approximate surface area is 174 Å². The van der Waals surface area contributed by atoms with Crippen molar-refractivity contribution in [2.45, 2.75) is 38.8 Å². The molecule has 1 fully saturated rings. The molecule has 0 radical (unpaired) electrons. The van der Waals surface area contributed by atoms with Crippen LogP contribution in [-0.2, 0) is 17.8 Å². The van der Waals surface area contributed by atoms with Gasteiger partial charge in [0.1, 0.15) is 5.75 Å². The van der Waals surface area contributed by atoms with Gasteiger partial charge in [-0.25, -0.2) is 0 Å². The van der Waals surface area contributed by atoms with Crippen LogP contribution in [0.2, 0.25) is 5.02 Å². The zero-order chi connectivity index (χ0) is 20.2. The second-order valence-electron chi connectivity index (χ2n) is 7.05. The number of rotatable bonds is 8. The van der Waals surface area contributed by atoms with Crippen LogP contribution >= 0.6 is 11.6 Å². The molecule has 29 heavy (non-hydrogen) atoms. The highest BCUT2D eigenvalue weighted by molar-refractivity contribution is 6.30. The fourth-order valence-electron chi connectivity index (χ4n) is 3.03. The lowest BCUT2D eigenvalue weighted by Gasteiger charge is -2.20. The molecule has 0 spiro atoms. The summed E-state index contributed by atoms with van der Waals surface area (Å²) in [6.45, 7) is 2.37. The maximum atomic E-state index is 12.7. The molecule has 1 aliphatic carbocycles. The summed E-state index contributed by atoms with van der Waals surface area (Å²) in [7, 11) is 0. The van der Waals surface area contributed by atoms with E-state index < -0.39 is 0 Å². The number of ether oxygens (including phenoxy) is 1. The zero-order valence-electron chi connectivity index (χ0n) is 16.2. The summed E-state index contributed by atoms with van der Waals surface area (Å²) in [5.41, 5.74) is 2.02. The van der Waals surface area contributed by atoms with Gasteiger partial charge in [0.2, 0.25) is 11.8 Å². The summed E-state index contributed by atoms with van der Waals surface area (Å²) < 4.78 is 11.4. The summed E-state index contributed by atoms with van der Waals surface area (Å²) in [5, 5.41) is 8.83. The van der Waals surface area contributed by atoms with Gasteiger partial charge in [-0.2, -0.15) is 0 Å². The second kappa shape index (κ2) is 8.66. The van der Waals surface area contributed by atoms with Gasteiger partial charge in [-0.3, -0.25) is 4.79 Å². The van der Waals surface area contributed by atoms with Crippen molar-refractivity contribution in [2.24, 2.45) is 0 Å². The SMILES string of the molecule is CCc1ccc(OCC(=O)N(Cc2nnc(-c3ccc(Cl)cc3)o2)C2CC2)cc1. The fourth-order valence-corrected chi connectivity index (χ4v) is 3.15. The van der Waals surface area contributed by atoms with Gasteiger partial charge < -0.3 is 14.1 Å². The maximum absolute atomic E-state index is 12.7. The predicted molar refractivity (Wildman–Crippen MR) is 110 cm³/mol. The molecule has 6 nitrogen and oxygen atoms in total. The van der Waals surface area contributed by atoms with E-state index in [1.54, 1.807) is 17.0 Å². The van der Waals surface area contributed by atoms with Crippen LogP contribution < -0.4 is 4.74 Å². The lowest BCUT2D eigenvalue weighted by atomic mass is 10.2. The summed E-state index contributed by atoms with van der Waals surface area (Å²) >= 11 is 5.92. The molecule has 1 saturated carbocycles. The average Bonchev–Trinajstić information content (AvgIpc) is 3.49. The number of amides is 1. The van der Waals surface area contributed by atoms with Gasteiger partial charge in [0.05, 0.1) is 6.54 Å². The third-order valence-electron chi connectivity index (χ3n) is 4.87. The van der Waals surface area contributed by atoms with Gasteiger partial charge in [0.25, 0.3) is 5.91 Å². The third kappa shape index (κ3) is 4.95. The molecule has 0 N–H and O–H groups in total. The van der Waals surface area contributed by atoms with Gasteiger partial charge in [-0.1, -0.05) is 30.7 Å². The molecule has 1 heterocycles. The molecule has 150 valence electrons. The lowest BCUT2D eigenvalue weighted by molar-refractivity contribution is -0.134. The Bertz CT molecular complexity index is 966. The van der Waals surface area contributed by atoms with Crippen LogP contribution in [0.25, 0.3) is 11.5 Å². The van der Waals surface area contributed by atoms with Gasteiger partial charge >= 0.3 is 0 Å². The first-order valence-electron chi connectivity index (χ1n) is 9.72. The fraction of sp³-hybridized carbons (Fsp3) is 0.318. The molecule has 1 aliphatic rings. The van der Waals surface area contributed by atoms with E-state index in [1.807, 2.05) is 36.4 Å². The Kier molecular flexibility index (Phi) is 5.81. The highest BCUT2D eigenvalue weighted by Gasteiger charge is 2.34. The first-order valence-corrected chi connectivity index (χ1v) is 10.1. The van der Waals surface area contributed by atoms with E-state index in [4.69, 9.17) is 20.8 Å². The molecular formula is C22H22ClN3O3. The number of hydrogen-bond donors (Lipinski definition) is 0. The Morgan fingerprint density at radius 1 is 1.14 bits per heavy atom. The van der Waals surface area contributed by atoms with E-state index in [2.05, 4.69) is 17.1 Å². The number of aryl methyl sites for hydroxylation is 1. The minimum absolute atomic E-state index is 0.0137. The minimum atomic E-state index is -0.0849. The van der Waals surface area contributed by atoms with Crippen LogP contribution in [-0.4, -0.2) is 33.7 Å². The van der Waals surface area contributed by atoms with E-state index >= 15 is 0 Å². The van der Waals surface area contributed by atoms with Gasteiger partial charge in [0, 0.05) is 16.6 Å². The standard InChI is InChI=1S/C22H22ClN3O3/c1-2-15-3-11-19(12-4-15)28-14-21(27)26(18-9-10-18)13-20-24-25-22(29-20)16-5-7-17(23)8-6-16/h3-8,11-12,18H,2,9-10,13-14H2,1H3. The second-order valence-corrected chi connectivity index (χ2v) is 7.48. The number of nitrogens with zero attached hydrogens (tertiary/aromatic N) is 3. The quantitative estimate of drug-likeness (QED) is 0.545. The van der Waals surface area contributed by atoms with E-state index in [-0.39, 0.29) is 25.1 Å². The van der Waals surface area contributed by atoms with Crippen LogP contribution in [0.3, 0.4) is 0 Å². The molecule has 3 aromatic rings. The summed E-state index contributed by atoms with van der Waals surface area (Å²) in [6, 6.07) is 15.2. The van der Waals surface area contributed by atoms with Crippen LogP contribution in [0.1, 0.15) is 31.2 Å². The van der Waals surface area contributed by atoms with Crippen LogP contribution in [0.4, 0.5) is 0 Å². The van der Waals surface area contributed by atoms with Crippen molar-refractivity contribution < 1.29 is 13.9 Å². The van der Waals surface area contributed by atoms with Gasteiger partial charge in [0.15, 0.2) is 6.61 Å². The third-order valence-corrected chi connectivity index (χ3v) is 5.12. The molecule has 7 heteroatoms. The molecule has 0 unspecified atom stereocenters. The molecule has 1 aromatic heterocycles. The van der Waals surface area contributed by atoms with Gasteiger partial charge in [-0.15, -0.1) is 10.2 Å². The topological polar surface area (TPSA) is 68.5 Å². The number of carbonyl (C=O) groups is 1. The summed E-state index contributed by atoms with van der Waals surface area (Å²) in [5.74, 6) is 1.42.